The van der Waals surface area contributed by atoms with Gasteiger partial charge in [0, 0.05) is 29.8 Å². The van der Waals surface area contributed by atoms with Crippen molar-refractivity contribution in [3.05, 3.63) is 48.0 Å². The number of hydrogen-bond donors (Lipinski definition) is 2. The highest BCUT2D eigenvalue weighted by atomic mass is 16.5. The standard InChI is InChI=1S/C20H20N4O4/c1-28-17-7-3-6-15(23-17)12-4-2-5-13(8-12)19(26)22-14-9-16-20(27)21-10-18(25)24(16)11-14/h2-8,14,16H,9-11H2,1H3,(H,21,27)(H,22,26)/t14-,16-/m0/s1. The highest BCUT2D eigenvalue weighted by molar-refractivity contribution is 5.97. The molecule has 2 fully saturated rings. The molecule has 2 saturated heterocycles. The molecule has 2 N–H and O–H groups in total. The number of aromatic nitrogens is 1. The molecule has 28 heavy (non-hydrogen) atoms. The molecule has 2 atom stereocenters. The van der Waals surface area contributed by atoms with Gasteiger partial charge in [0.2, 0.25) is 17.7 Å². The number of carbonyl (C=O) groups is 3. The molecule has 0 unspecified atom stereocenters. The van der Waals surface area contributed by atoms with Crippen LogP contribution in [0.3, 0.4) is 0 Å². The van der Waals surface area contributed by atoms with E-state index in [4.69, 9.17) is 4.74 Å². The van der Waals surface area contributed by atoms with E-state index in [-0.39, 0.29) is 30.3 Å². The zero-order chi connectivity index (χ0) is 19.7. The molecular weight excluding hydrogens is 360 g/mol. The average Bonchev–Trinajstić information content (AvgIpc) is 3.16. The first-order valence-corrected chi connectivity index (χ1v) is 9.04. The minimum absolute atomic E-state index is 0.0194. The molecule has 1 aromatic carbocycles. The summed E-state index contributed by atoms with van der Waals surface area (Å²) in [4.78, 5) is 42.5. The van der Waals surface area contributed by atoms with Crippen molar-refractivity contribution in [2.75, 3.05) is 20.2 Å². The lowest BCUT2D eigenvalue weighted by molar-refractivity contribution is -0.143. The Kier molecular flexibility index (Phi) is 4.68. The normalized spacial score (nSPS) is 21.1. The van der Waals surface area contributed by atoms with Gasteiger partial charge in [-0.3, -0.25) is 14.4 Å². The highest BCUT2D eigenvalue weighted by Crippen LogP contribution is 2.23. The number of carbonyl (C=O) groups excluding carboxylic acids is 3. The lowest BCUT2D eigenvalue weighted by Crippen LogP contribution is -2.55. The molecule has 0 bridgehead atoms. The fraction of sp³-hybridized carbons (Fsp3) is 0.300. The molecule has 4 rings (SSSR count). The second-order valence-corrected chi connectivity index (χ2v) is 6.83. The molecule has 3 heterocycles. The van der Waals surface area contributed by atoms with E-state index < -0.39 is 6.04 Å². The van der Waals surface area contributed by atoms with E-state index in [1.807, 2.05) is 18.2 Å². The van der Waals surface area contributed by atoms with E-state index in [0.29, 0.717) is 30.1 Å². The summed E-state index contributed by atoms with van der Waals surface area (Å²) in [7, 11) is 1.55. The minimum Gasteiger partial charge on any atom is -0.481 e. The first kappa shape index (κ1) is 18.0. The zero-order valence-electron chi connectivity index (χ0n) is 15.3. The Morgan fingerprint density at radius 3 is 2.86 bits per heavy atom. The summed E-state index contributed by atoms with van der Waals surface area (Å²) in [6.45, 7) is 0.366. The van der Waals surface area contributed by atoms with Crippen molar-refractivity contribution in [3.63, 3.8) is 0 Å². The molecule has 8 heteroatoms. The van der Waals surface area contributed by atoms with Gasteiger partial charge < -0.3 is 20.3 Å². The number of hydrogen-bond acceptors (Lipinski definition) is 5. The largest absolute Gasteiger partial charge is 0.481 e. The smallest absolute Gasteiger partial charge is 0.251 e. The number of ether oxygens (including phenoxy) is 1. The molecule has 144 valence electrons. The summed E-state index contributed by atoms with van der Waals surface area (Å²) >= 11 is 0. The molecule has 2 aliphatic heterocycles. The van der Waals surface area contributed by atoms with Gasteiger partial charge in [0.1, 0.15) is 6.04 Å². The summed E-state index contributed by atoms with van der Waals surface area (Å²) < 4.78 is 5.15. The average molecular weight is 380 g/mol. The van der Waals surface area contributed by atoms with Crippen molar-refractivity contribution >= 4 is 17.7 Å². The van der Waals surface area contributed by atoms with Crippen LogP contribution in [0.5, 0.6) is 5.88 Å². The number of amides is 3. The van der Waals surface area contributed by atoms with Crippen LogP contribution in [0.15, 0.2) is 42.5 Å². The van der Waals surface area contributed by atoms with Crippen molar-refractivity contribution < 1.29 is 19.1 Å². The van der Waals surface area contributed by atoms with Crippen LogP contribution in [-0.2, 0) is 9.59 Å². The van der Waals surface area contributed by atoms with Crippen LogP contribution in [0.2, 0.25) is 0 Å². The van der Waals surface area contributed by atoms with Gasteiger partial charge in [-0.15, -0.1) is 0 Å². The van der Waals surface area contributed by atoms with Crippen LogP contribution in [0.25, 0.3) is 11.3 Å². The third-order valence-corrected chi connectivity index (χ3v) is 5.03. The van der Waals surface area contributed by atoms with Crippen molar-refractivity contribution in [2.45, 2.75) is 18.5 Å². The van der Waals surface area contributed by atoms with Crippen LogP contribution in [0.4, 0.5) is 0 Å². The third kappa shape index (κ3) is 3.40. The van der Waals surface area contributed by atoms with E-state index >= 15 is 0 Å². The van der Waals surface area contributed by atoms with E-state index in [2.05, 4.69) is 15.6 Å². The minimum atomic E-state index is -0.501. The molecule has 0 aliphatic carbocycles. The van der Waals surface area contributed by atoms with E-state index in [0.717, 1.165) is 5.56 Å². The van der Waals surface area contributed by atoms with E-state index in [9.17, 15) is 14.4 Å². The quantitative estimate of drug-likeness (QED) is 0.808. The second-order valence-electron chi connectivity index (χ2n) is 6.83. The molecule has 8 nitrogen and oxygen atoms in total. The molecule has 0 saturated carbocycles. The molecular formula is C20H20N4O4. The summed E-state index contributed by atoms with van der Waals surface area (Å²) in [5.41, 5.74) is 1.99. The topological polar surface area (TPSA) is 101 Å². The fourth-order valence-corrected chi connectivity index (χ4v) is 3.62. The van der Waals surface area contributed by atoms with Crippen LogP contribution in [-0.4, -0.2) is 59.9 Å². The summed E-state index contributed by atoms with van der Waals surface area (Å²) in [6, 6.07) is 11.8. The monoisotopic (exact) mass is 380 g/mol. The number of nitrogens with one attached hydrogen (secondary N) is 2. The summed E-state index contributed by atoms with van der Waals surface area (Å²) in [5, 5.41) is 5.52. The Balaban J connectivity index is 1.48. The van der Waals surface area contributed by atoms with Crippen molar-refractivity contribution in [1.29, 1.82) is 0 Å². The van der Waals surface area contributed by atoms with Crippen LogP contribution in [0.1, 0.15) is 16.8 Å². The maximum absolute atomic E-state index is 12.7. The van der Waals surface area contributed by atoms with Gasteiger partial charge in [-0.25, -0.2) is 4.98 Å². The van der Waals surface area contributed by atoms with Crippen LogP contribution < -0.4 is 15.4 Å². The lowest BCUT2D eigenvalue weighted by Gasteiger charge is -2.28. The van der Waals surface area contributed by atoms with Gasteiger partial charge in [-0.05, 0) is 24.6 Å². The number of pyridine rings is 1. The van der Waals surface area contributed by atoms with Crippen molar-refractivity contribution in [1.82, 2.24) is 20.5 Å². The SMILES string of the molecule is COc1cccc(-c2cccc(C(=O)N[C@H]3C[C@H]4C(=O)NCC(=O)N4C3)c2)n1. The van der Waals surface area contributed by atoms with Gasteiger partial charge in [-0.1, -0.05) is 18.2 Å². The number of fused-ring (bicyclic) bond motifs is 1. The predicted molar refractivity (Wildman–Crippen MR) is 101 cm³/mol. The molecule has 0 radical (unpaired) electrons. The molecule has 1 aromatic heterocycles. The van der Waals surface area contributed by atoms with E-state index in [1.165, 1.54) is 0 Å². The molecule has 2 aromatic rings. The third-order valence-electron chi connectivity index (χ3n) is 5.03. The number of methoxy groups -OCH3 is 1. The van der Waals surface area contributed by atoms with Gasteiger partial charge in [0.15, 0.2) is 0 Å². The number of nitrogens with zero attached hydrogens (tertiary/aromatic N) is 2. The van der Waals surface area contributed by atoms with Crippen LogP contribution >= 0.6 is 0 Å². The number of rotatable bonds is 4. The number of benzene rings is 1. The maximum atomic E-state index is 12.7. The number of piperazine rings is 1. The summed E-state index contributed by atoms with van der Waals surface area (Å²) in [5.74, 6) is -0.0322. The Morgan fingerprint density at radius 1 is 1.25 bits per heavy atom. The van der Waals surface area contributed by atoms with Gasteiger partial charge in [0.05, 0.1) is 19.3 Å². The first-order valence-electron chi connectivity index (χ1n) is 9.04. The Morgan fingerprint density at radius 2 is 2.07 bits per heavy atom. The molecule has 0 spiro atoms. The van der Waals surface area contributed by atoms with Crippen molar-refractivity contribution in [3.8, 4) is 17.1 Å². The molecule has 2 aliphatic rings. The summed E-state index contributed by atoms with van der Waals surface area (Å²) in [6.07, 6.45) is 0.417. The lowest BCUT2D eigenvalue weighted by atomic mass is 10.1. The zero-order valence-corrected chi connectivity index (χ0v) is 15.3. The second kappa shape index (κ2) is 7.30. The van der Waals surface area contributed by atoms with Gasteiger partial charge in [0.25, 0.3) is 5.91 Å². The Labute approximate surface area is 161 Å². The Hall–Kier alpha value is -3.42. The maximum Gasteiger partial charge on any atom is 0.251 e. The fourth-order valence-electron chi connectivity index (χ4n) is 3.62. The van der Waals surface area contributed by atoms with Crippen molar-refractivity contribution in [2.24, 2.45) is 0 Å². The highest BCUT2D eigenvalue weighted by Gasteiger charge is 2.42. The first-order chi connectivity index (χ1) is 13.5. The Bertz CT molecular complexity index is 921. The van der Waals surface area contributed by atoms with Crippen LogP contribution in [0, 0.1) is 0 Å². The van der Waals surface area contributed by atoms with E-state index in [1.54, 1.807) is 36.3 Å². The van der Waals surface area contributed by atoms with Gasteiger partial charge in [-0.2, -0.15) is 0 Å². The molecule has 3 amide bonds. The van der Waals surface area contributed by atoms with Gasteiger partial charge >= 0.3 is 0 Å². The predicted octanol–water partition coefficient (Wildman–Crippen LogP) is 0.586.